The third-order valence-corrected chi connectivity index (χ3v) is 9.57. The second-order valence-corrected chi connectivity index (χ2v) is 12.5. The summed E-state index contributed by atoms with van der Waals surface area (Å²) in [5.41, 5.74) is 4.51. The second kappa shape index (κ2) is 13.8. The Balaban J connectivity index is 1.20. The molecule has 11 heteroatoms. The summed E-state index contributed by atoms with van der Waals surface area (Å²) in [4.78, 5) is 33.7. The molecule has 1 aromatic heterocycles. The van der Waals surface area contributed by atoms with E-state index in [1.54, 1.807) is 24.4 Å². The summed E-state index contributed by atoms with van der Waals surface area (Å²) < 4.78 is 26.9. The molecular weight excluding hydrogens is 626 g/mol. The zero-order chi connectivity index (χ0) is 34.1. The third kappa shape index (κ3) is 6.52. The van der Waals surface area contributed by atoms with Gasteiger partial charge in [0.2, 0.25) is 11.8 Å². The number of ether oxygens (including phenoxy) is 2. The maximum atomic E-state index is 14.2. The molecule has 0 unspecified atom stereocenters. The second-order valence-electron chi connectivity index (χ2n) is 12.5. The molecule has 7 rings (SSSR count). The van der Waals surface area contributed by atoms with Crippen molar-refractivity contribution in [2.45, 2.75) is 25.4 Å². The molecule has 2 fully saturated rings. The maximum Gasteiger partial charge on any atom is 0.488 e. The van der Waals surface area contributed by atoms with Gasteiger partial charge in [0, 0.05) is 12.1 Å². The van der Waals surface area contributed by atoms with Crippen molar-refractivity contribution in [2.24, 2.45) is 17.8 Å². The number of rotatable bonds is 10. The van der Waals surface area contributed by atoms with E-state index in [2.05, 4.69) is 4.98 Å². The van der Waals surface area contributed by atoms with E-state index < -0.39 is 30.5 Å². The van der Waals surface area contributed by atoms with Crippen LogP contribution in [-0.2, 0) is 14.3 Å². The van der Waals surface area contributed by atoms with Gasteiger partial charge in [0.05, 0.1) is 35.9 Å². The Hall–Kier alpha value is -5.10. The average molecular weight is 661 g/mol. The Morgan fingerprint density at radius 3 is 2.55 bits per heavy atom. The molecule has 0 radical (unpaired) electrons. The summed E-state index contributed by atoms with van der Waals surface area (Å²) in [5.74, 6) is -2.73. The van der Waals surface area contributed by atoms with Gasteiger partial charge in [-0.15, -0.1) is 0 Å². The fraction of sp³-hybridized carbons (Fsp3) is 0.237. The van der Waals surface area contributed by atoms with Gasteiger partial charge >= 0.3 is 7.12 Å². The summed E-state index contributed by atoms with van der Waals surface area (Å²) in [6.07, 6.45) is 4.53. The number of carbonyl (C=O) groups is 2. The number of phenols is 1. The Labute approximate surface area is 283 Å². The molecule has 2 amide bonds. The minimum Gasteiger partial charge on any atom is -0.505 e. The molecule has 3 N–H and O–H groups in total. The highest BCUT2D eigenvalue weighted by Gasteiger charge is 2.57. The number of aromatic nitrogens is 1. The summed E-state index contributed by atoms with van der Waals surface area (Å²) in [5, 5.41) is 29.2. The standard InChI is InChI=1S/C38H34BFN2O7/c40-31-18-23(12-14-33(31)43)17-24(32-11-4-5-16-41-32)13-15-34-35-25(21-48-28-9-2-1-3-10-28)19-29-36(30(35)22-49-34)38(45)42(37(29)44)27-8-6-7-26(20-27)39(46)47/h1-12,14,16-18,20,29-30,34,36,43,46-47H,13,15,19,21-22H2/b24-17-/t29-,30+,34-,36-/m1/s1. The number of benzene rings is 3. The summed E-state index contributed by atoms with van der Waals surface area (Å²) >= 11 is 0. The number of phenolic OH excluding ortho intramolecular Hbond substituents is 1. The van der Waals surface area contributed by atoms with Gasteiger partial charge in [-0.3, -0.25) is 19.5 Å². The van der Waals surface area contributed by atoms with E-state index in [1.165, 1.54) is 29.2 Å². The SMILES string of the molecule is O=C1[C@@H]2[C@@H](CC(COc3ccccc3)=C3[C@@H](CC/C(=C/c4ccc(O)c(F)c4)c4ccccn4)OC[C@@H]32)C(=O)N1c1cccc(B(O)O)c1. The first-order chi connectivity index (χ1) is 23.8. The third-order valence-electron chi connectivity index (χ3n) is 9.57. The fourth-order valence-corrected chi connectivity index (χ4v) is 7.30. The van der Waals surface area contributed by atoms with Crippen LogP contribution in [0.25, 0.3) is 11.6 Å². The van der Waals surface area contributed by atoms with Gasteiger partial charge < -0.3 is 24.6 Å². The van der Waals surface area contributed by atoms with Crippen molar-refractivity contribution >= 4 is 41.7 Å². The predicted octanol–water partition coefficient (Wildman–Crippen LogP) is 4.53. The number of carbonyl (C=O) groups excluding carboxylic acids is 2. The maximum absolute atomic E-state index is 14.2. The Bertz CT molecular complexity index is 1940. The van der Waals surface area contributed by atoms with Gasteiger partial charge in [-0.2, -0.15) is 0 Å². The molecule has 0 bridgehead atoms. The quantitative estimate of drug-likeness (QED) is 0.129. The van der Waals surface area contributed by atoms with Crippen LogP contribution in [0.1, 0.15) is 30.5 Å². The van der Waals surface area contributed by atoms with E-state index in [0.717, 1.165) is 22.4 Å². The van der Waals surface area contributed by atoms with E-state index >= 15 is 0 Å². The van der Waals surface area contributed by atoms with Crippen LogP contribution in [0.4, 0.5) is 10.1 Å². The van der Waals surface area contributed by atoms with Crippen LogP contribution in [0.15, 0.2) is 108 Å². The number of nitrogens with zero attached hydrogens (tertiary/aromatic N) is 2. The van der Waals surface area contributed by atoms with Crippen molar-refractivity contribution < 1.29 is 38.6 Å². The van der Waals surface area contributed by atoms with Crippen LogP contribution in [0.5, 0.6) is 11.5 Å². The van der Waals surface area contributed by atoms with Crippen LogP contribution in [0.2, 0.25) is 0 Å². The van der Waals surface area contributed by atoms with Gasteiger partial charge in [0.1, 0.15) is 12.4 Å². The highest BCUT2D eigenvalue weighted by atomic mass is 19.1. The first-order valence-electron chi connectivity index (χ1n) is 16.2. The molecule has 3 aliphatic rings. The smallest absolute Gasteiger partial charge is 0.488 e. The normalized spacial score (nSPS) is 21.9. The zero-order valence-electron chi connectivity index (χ0n) is 26.5. The highest BCUT2D eigenvalue weighted by molar-refractivity contribution is 6.58. The number of hydrogen-bond acceptors (Lipinski definition) is 8. The van der Waals surface area contributed by atoms with Gasteiger partial charge in [-0.1, -0.05) is 42.5 Å². The number of pyridine rings is 1. The first-order valence-corrected chi connectivity index (χ1v) is 16.2. The summed E-state index contributed by atoms with van der Waals surface area (Å²) in [6, 6.07) is 25.4. The van der Waals surface area contributed by atoms with Gasteiger partial charge in [0.25, 0.3) is 0 Å². The topological polar surface area (TPSA) is 129 Å². The van der Waals surface area contributed by atoms with Gasteiger partial charge in [-0.05, 0) is 102 Å². The number of aromatic hydroxyl groups is 1. The van der Waals surface area contributed by atoms with E-state index in [9.17, 15) is 29.1 Å². The predicted molar refractivity (Wildman–Crippen MR) is 182 cm³/mol. The number of amides is 2. The Morgan fingerprint density at radius 1 is 0.980 bits per heavy atom. The molecule has 2 saturated heterocycles. The van der Waals surface area contributed by atoms with Crippen LogP contribution >= 0.6 is 0 Å². The Morgan fingerprint density at radius 2 is 1.80 bits per heavy atom. The molecule has 1 aliphatic carbocycles. The van der Waals surface area contributed by atoms with Crippen molar-refractivity contribution in [2.75, 3.05) is 18.1 Å². The molecule has 4 aromatic rings. The van der Waals surface area contributed by atoms with Crippen molar-refractivity contribution in [1.29, 1.82) is 0 Å². The largest absolute Gasteiger partial charge is 0.505 e. The number of imide groups is 1. The molecule has 2 aliphatic heterocycles. The fourth-order valence-electron chi connectivity index (χ4n) is 7.30. The van der Waals surface area contributed by atoms with Crippen LogP contribution in [0, 0.1) is 23.6 Å². The van der Waals surface area contributed by atoms with E-state index in [-0.39, 0.29) is 42.5 Å². The molecular formula is C38H34BFN2O7. The highest BCUT2D eigenvalue weighted by Crippen LogP contribution is 2.50. The van der Waals surface area contributed by atoms with Crippen molar-refractivity contribution in [1.82, 2.24) is 4.98 Å². The van der Waals surface area contributed by atoms with Crippen LogP contribution in [0.3, 0.4) is 0 Å². The number of allylic oxidation sites excluding steroid dienone is 1. The lowest BCUT2D eigenvalue weighted by molar-refractivity contribution is -0.122. The monoisotopic (exact) mass is 660 g/mol. The van der Waals surface area contributed by atoms with Crippen LogP contribution < -0.4 is 15.1 Å². The van der Waals surface area contributed by atoms with E-state index in [1.807, 2.05) is 54.6 Å². The minimum atomic E-state index is -1.74. The van der Waals surface area contributed by atoms with Crippen molar-refractivity contribution in [3.63, 3.8) is 0 Å². The lowest BCUT2D eigenvalue weighted by atomic mass is 9.69. The number of anilines is 1. The average Bonchev–Trinajstić information content (AvgIpc) is 3.65. The van der Waals surface area contributed by atoms with Gasteiger partial charge in [-0.25, -0.2) is 4.39 Å². The number of para-hydroxylation sites is 1. The minimum absolute atomic E-state index is 0.180. The van der Waals surface area contributed by atoms with Crippen LogP contribution in [-0.4, -0.2) is 58.4 Å². The lowest BCUT2D eigenvalue weighted by Gasteiger charge is -2.31. The van der Waals surface area contributed by atoms with E-state index in [4.69, 9.17) is 9.47 Å². The Kier molecular flexibility index (Phi) is 9.14. The number of hydrogen-bond donors (Lipinski definition) is 3. The number of fused-ring (bicyclic) bond motifs is 3. The molecule has 248 valence electrons. The molecule has 0 saturated carbocycles. The van der Waals surface area contributed by atoms with Gasteiger partial charge in [0.15, 0.2) is 11.6 Å². The first kappa shape index (κ1) is 32.5. The number of halogens is 1. The molecule has 49 heavy (non-hydrogen) atoms. The summed E-state index contributed by atoms with van der Waals surface area (Å²) in [7, 11) is -1.74. The summed E-state index contributed by atoms with van der Waals surface area (Å²) in [6.45, 7) is 0.479. The molecule has 0 spiro atoms. The van der Waals surface area contributed by atoms with E-state index in [0.29, 0.717) is 36.3 Å². The van der Waals surface area contributed by atoms with Crippen molar-refractivity contribution in [3.05, 3.63) is 125 Å². The molecule has 3 aromatic carbocycles. The molecule has 4 atom stereocenters. The molecule has 9 nitrogen and oxygen atoms in total. The molecule has 3 heterocycles. The lowest BCUT2D eigenvalue weighted by Crippen LogP contribution is -2.36. The zero-order valence-corrected chi connectivity index (χ0v) is 26.5. The van der Waals surface area contributed by atoms with Crippen molar-refractivity contribution in [3.8, 4) is 11.5 Å².